The summed E-state index contributed by atoms with van der Waals surface area (Å²) in [6.07, 6.45) is 3.40. The van der Waals surface area contributed by atoms with Crippen LogP contribution >= 0.6 is 0 Å². The van der Waals surface area contributed by atoms with Crippen LogP contribution in [0, 0.1) is 0 Å². The minimum absolute atomic E-state index is 0.0210. The highest BCUT2D eigenvalue weighted by molar-refractivity contribution is 5.79. The number of aliphatic imine (C=N–C) groups is 1. The lowest BCUT2D eigenvalue weighted by molar-refractivity contribution is -0.0512. The standard InChI is InChI=1S/C16H25F2N3O2/c1-4-5-6-9-20-16(19-2)21-11-12-7-8-13(22-3)14(10-12)23-15(17)18/h7-8,10,15H,4-6,9,11H2,1-3H3,(H2,19,20,21). The molecule has 0 aliphatic carbocycles. The second-order valence-corrected chi connectivity index (χ2v) is 4.92. The van der Waals surface area contributed by atoms with E-state index in [1.807, 2.05) is 0 Å². The quantitative estimate of drug-likeness (QED) is 0.415. The van der Waals surface area contributed by atoms with Crippen LogP contribution in [0.5, 0.6) is 11.5 Å². The summed E-state index contributed by atoms with van der Waals surface area (Å²) >= 11 is 0. The Morgan fingerprint density at radius 3 is 2.61 bits per heavy atom. The Morgan fingerprint density at radius 1 is 1.22 bits per heavy atom. The molecule has 2 N–H and O–H groups in total. The number of benzene rings is 1. The molecule has 0 radical (unpaired) electrons. The maximum Gasteiger partial charge on any atom is 0.387 e. The van der Waals surface area contributed by atoms with Crippen molar-refractivity contribution in [1.29, 1.82) is 0 Å². The fraction of sp³-hybridized carbons (Fsp3) is 0.562. The lowest BCUT2D eigenvalue weighted by Gasteiger charge is -2.14. The van der Waals surface area contributed by atoms with Gasteiger partial charge in [-0.1, -0.05) is 25.8 Å². The predicted molar refractivity (Wildman–Crippen MR) is 87.4 cm³/mol. The van der Waals surface area contributed by atoms with Crippen molar-refractivity contribution in [2.45, 2.75) is 39.3 Å². The second-order valence-electron chi connectivity index (χ2n) is 4.92. The molecule has 0 saturated carbocycles. The molecular formula is C16H25F2N3O2. The molecule has 0 aliphatic rings. The zero-order chi connectivity index (χ0) is 17.1. The zero-order valence-corrected chi connectivity index (χ0v) is 13.9. The number of rotatable bonds is 9. The summed E-state index contributed by atoms with van der Waals surface area (Å²) in [6.45, 7) is 0.544. The average molecular weight is 329 g/mol. The molecule has 0 unspecified atom stereocenters. The summed E-state index contributed by atoms with van der Waals surface area (Å²) in [5.41, 5.74) is 0.790. The zero-order valence-electron chi connectivity index (χ0n) is 13.9. The number of methoxy groups -OCH3 is 1. The molecule has 23 heavy (non-hydrogen) atoms. The predicted octanol–water partition coefficient (Wildman–Crippen LogP) is 3.15. The smallest absolute Gasteiger partial charge is 0.387 e. The van der Waals surface area contributed by atoms with Gasteiger partial charge in [-0.15, -0.1) is 0 Å². The topological polar surface area (TPSA) is 54.9 Å². The Balaban J connectivity index is 2.58. The molecule has 5 nitrogen and oxygen atoms in total. The number of alkyl halides is 2. The monoisotopic (exact) mass is 329 g/mol. The van der Waals surface area contributed by atoms with Crippen molar-refractivity contribution in [2.75, 3.05) is 20.7 Å². The summed E-state index contributed by atoms with van der Waals surface area (Å²) in [5, 5.41) is 6.34. The lowest BCUT2D eigenvalue weighted by Crippen LogP contribution is -2.37. The Hall–Kier alpha value is -2.05. The number of hydrogen-bond acceptors (Lipinski definition) is 3. The number of nitrogens with one attached hydrogen (secondary N) is 2. The fourth-order valence-corrected chi connectivity index (χ4v) is 2.01. The first kappa shape index (κ1) is 19.0. The molecule has 0 fully saturated rings. The molecule has 0 bridgehead atoms. The van der Waals surface area contributed by atoms with E-state index in [0.717, 1.165) is 31.4 Å². The van der Waals surface area contributed by atoms with Crippen LogP contribution < -0.4 is 20.1 Å². The van der Waals surface area contributed by atoms with Crippen LogP contribution in [0.1, 0.15) is 31.7 Å². The minimum atomic E-state index is -2.89. The van der Waals surface area contributed by atoms with Crippen LogP contribution in [0.2, 0.25) is 0 Å². The highest BCUT2D eigenvalue weighted by Gasteiger charge is 2.11. The highest BCUT2D eigenvalue weighted by Crippen LogP contribution is 2.29. The molecule has 0 aliphatic heterocycles. The molecule has 1 rings (SSSR count). The molecule has 0 saturated heterocycles. The number of unbranched alkanes of at least 4 members (excludes halogenated alkanes) is 2. The van der Waals surface area contributed by atoms with E-state index in [1.54, 1.807) is 19.2 Å². The first-order chi connectivity index (χ1) is 11.1. The Labute approximate surface area is 136 Å². The molecule has 0 heterocycles. The van der Waals surface area contributed by atoms with Gasteiger partial charge in [0.05, 0.1) is 7.11 Å². The number of guanidine groups is 1. The third-order valence-corrected chi connectivity index (χ3v) is 3.20. The lowest BCUT2D eigenvalue weighted by atomic mass is 10.2. The Bertz CT molecular complexity index is 496. The van der Waals surface area contributed by atoms with Crippen molar-refractivity contribution in [3.63, 3.8) is 0 Å². The van der Waals surface area contributed by atoms with Gasteiger partial charge in [-0.05, 0) is 24.1 Å². The summed E-state index contributed by atoms with van der Waals surface area (Å²) in [4.78, 5) is 4.12. The van der Waals surface area contributed by atoms with E-state index in [0.29, 0.717) is 12.5 Å². The summed E-state index contributed by atoms with van der Waals surface area (Å²) in [7, 11) is 3.10. The van der Waals surface area contributed by atoms with Gasteiger partial charge in [0.25, 0.3) is 0 Å². The van der Waals surface area contributed by atoms with Gasteiger partial charge in [-0.2, -0.15) is 8.78 Å². The molecule has 130 valence electrons. The van der Waals surface area contributed by atoms with E-state index >= 15 is 0 Å². The van der Waals surface area contributed by atoms with E-state index < -0.39 is 6.61 Å². The molecular weight excluding hydrogens is 304 g/mol. The van der Waals surface area contributed by atoms with Crippen LogP contribution in [0.4, 0.5) is 8.78 Å². The molecule has 0 spiro atoms. The van der Waals surface area contributed by atoms with E-state index in [1.165, 1.54) is 13.2 Å². The van der Waals surface area contributed by atoms with Gasteiger partial charge >= 0.3 is 6.61 Å². The van der Waals surface area contributed by atoms with Gasteiger partial charge < -0.3 is 20.1 Å². The maximum absolute atomic E-state index is 12.4. The van der Waals surface area contributed by atoms with Crippen molar-refractivity contribution in [1.82, 2.24) is 10.6 Å². The van der Waals surface area contributed by atoms with Crippen molar-refractivity contribution in [3.05, 3.63) is 23.8 Å². The summed E-state index contributed by atoms with van der Waals surface area (Å²) in [5.74, 6) is 0.970. The highest BCUT2D eigenvalue weighted by atomic mass is 19.3. The maximum atomic E-state index is 12.4. The van der Waals surface area contributed by atoms with Gasteiger partial charge in [-0.25, -0.2) is 0 Å². The first-order valence-electron chi connectivity index (χ1n) is 7.67. The van der Waals surface area contributed by atoms with E-state index in [2.05, 4.69) is 27.3 Å². The third kappa shape index (κ3) is 7.17. The first-order valence-corrected chi connectivity index (χ1v) is 7.67. The normalized spacial score (nSPS) is 11.5. The van der Waals surface area contributed by atoms with Crippen LogP contribution in [0.25, 0.3) is 0 Å². The number of nitrogens with zero attached hydrogens (tertiary/aromatic N) is 1. The van der Waals surface area contributed by atoms with Gasteiger partial charge in [0.2, 0.25) is 0 Å². The Kier molecular flexibility index (Phi) is 8.79. The van der Waals surface area contributed by atoms with E-state index in [9.17, 15) is 8.78 Å². The minimum Gasteiger partial charge on any atom is -0.493 e. The molecule has 1 aromatic rings. The van der Waals surface area contributed by atoms with Crippen LogP contribution in [-0.2, 0) is 6.54 Å². The van der Waals surface area contributed by atoms with Crippen LogP contribution in [-0.4, -0.2) is 33.3 Å². The molecule has 0 atom stereocenters. The second kappa shape index (κ2) is 10.6. The van der Waals surface area contributed by atoms with E-state index in [-0.39, 0.29) is 11.5 Å². The van der Waals surface area contributed by atoms with Crippen molar-refractivity contribution in [3.8, 4) is 11.5 Å². The largest absolute Gasteiger partial charge is 0.493 e. The van der Waals surface area contributed by atoms with Gasteiger partial charge in [0, 0.05) is 20.1 Å². The Morgan fingerprint density at radius 2 is 2.00 bits per heavy atom. The van der Waals surface area contributed by atoms with E-state index in [4.69, 9.17) is 4.74 Å². The number of ether oxygens (including phenoxy) is 2. The third-order valence-electron chi connectivity index (χ3n) is 3.20. The van der Waals surface area contributed by atoms with Crippen molar-refractivity contribution < 1.29 is 18.3 Å². The van der Waals surface area contributed by atoms with Crippen LogP contribution in [0.15, 0.2) is 23.2 Å². The summed E-state index contributed by atoms with van der Waals surface area (Å²) < 4.78 is 34.3. The van der Waals surface area contributed by atoms with Gasteiger partial charge in [-0.3, -0.25) is 4.99 Å². The average Bonchev–Trinajstić information content (AvgIpc) is 2.54. The summed E-state index contributed by atoms with van der Waals surface area (Å²) in [6, 6.07) is 4.92. The number of hydrogen-bond donors (Lipinski definition) is 2. The number of halogens is 2. The van der Waals surface area contributed by atoms with Crippen LogP contribution in [0.3, 0.4) is 0 Å². The molecule has 0 amide bonds. The molecule has 1 aromatic carbocycles. The van der Waals surface area contributed by atoms with Gasteiger partial charge in [0.1, 0.15) is 0 Å². The van der Waals surface area contributed by atoms with Crippen molar-refractivity contribution in [2.24, 2.45) is 4.99 Å². The molecule has 7 heteroatoms. The SMILES string of the molecule is CCCCCNC(=NC)NCc1ccc(OC)c(OC(F)F)c1. The fourth-order valence-electron chi connectivity index (χ4n) is 2.01. The molecule has 0 aromatic heterocycles. The van der Waals surface area contributed by atoms with Crippen molar-refractivity contribution >= 4 is 5.96 Å². The van der Waals surface area contributed by atoms with Gasteiger partial charge in [0.15, 0.2) is 17.5 Å².